The molecule has 1 fully saturated rings. The minimum absolute atomic E-state index is 0.0406. The van der Waals surface area contributed by atoms with Gasteiger partial charge in [-0.2, -0.15) is 0 Å². The predicted octanol–water partition coefficient (Wildman–Crippen LogP) is 2.23. The summed E-state index contributed by atoms with van der Waals surface area (Å²) in [6, 6.07) is -0.498. The van der Waals surface area contributed by atoms with Crippen molar-refractivity contribution in [1.82, 2.24) is 9.80 Å². The molecule has 0 spiro atoms. The zero-order chi connectivity index (χ0) is 15.2. The third-order valence-electron chi connectivity index (χ3n) is 4.47. The van der Waals surface area contributed by atoms with E-state index in [1.54, 1.807) is 0 Å². The second-order valence-electron chi connectivity index (χ2n) is 5.90. The summed E-state index contributed by atoms with van der Waals surface area (Å²) >= 11 is 0. The number of likely N-dealkylation sites (N-methyl/N-ethyl adjacent to an activating group) is 1. The SMILES string of the molecule is CCN(C(=O)CN1CCCCC1C(=O)O)C1=CCCCC1. The molecule has 0 saturated carbocycles. The molecule has 118 valence electrons. The van der Waals surface area contributed by atoms with Crippen LogP contribution in [0.25, 0.3) is 0 Å². The average Bonchev–Trinajstić information content (AvgIpc) is 2.49. The van der Waals surface area contributed by atoms with Crippen molar-refractivity contribution in [3.63, 3.8) is 0 Å². The number of nitrogens with zero attached hydrogens (tertiary/aromatic N) is 2. The van der Waals surface area contributed by atoms with Gasteiger partial charge in [-0.25, -0.2) is 0 Å². The van der Waals surface area contributed by atoms with Crippen LogP contribution in [-0.4, -0.2) is 52.5 Å². The minimum Gasteiger partial charge on any atom is -0.480 e. The van der Waals surface area contributed by atoms with Gasteiger partial charge in [-0.3, -0.25) is 14.5 Å². The Labute approximate surface area is 126 Å². The van der Waals surface area contributed by atoms with Crippen molar-refractivity contribution in [2.24, 2.45) is 0 Å². The molecule has 21 heavy (non-hydrogen) atoms. The Balaban J connectivity index is 2.00. The van der Waals surface area contributed by atoms with E-state index < -0.39 is 12.0 Å². The van der Waals surface area contributed by atoms with Crippen molar-refractivity contribution in [2.45, 2.75) is 57.9 Å². The first-order valence-corrected chi connectivity index (χ1v) is 8.09. The molecule has 0 aromatic heterocycles. The number of carboxylic acids is 1. The molecular weight excluding hydrogens is 268 g/mol. The molecule has 0 aromatic carbocycles. The lowest BCUT2D eigenvalue weighted by Crippen LogP contribution is -2.49. The van der Waals surface area contributed by atoms with Crippen LogP contribution in [0, 0.1) is 0 Å². The van der Waals surface area contributed by atoms with Gasteiger partial charge in [0.05, 0.1) is 6.54 Å². The molecule has 2 aliphatic rings. The van der Waals surface area contributed by atoms with Crippen molar-refractivity contribution in [3.8, 4) is 0 Å². The second-order valence-corrected chi connectivity index (χ2v) is 5.90. The fraction of sp³-hybridized carbons (Fsp3) is 0.750. The number of hydrogen-bond donors (Lipinski definition) is 1. The Bertz CT molecular complexity index is 420. The van der Waals surface area contributed by atoms with E-state index in [1.807, 2.05) is 16.7 Å². The molecule has 1 saturated heterocycles. The summed E-state index contributed by atoms with van der Waals surface area (Å²) in [7, 11) is 0. The van der Waals surface area contributed by atoms with Crippen LogP contribution in [0.5, 0.6) is 0 Å². The van der Waals surface area contributed by atoms with E-state index in [0.717, 1.165) is 37.8 Å². The molecule has 5 heteroatoms. The van der Waals surface area contributed by atoms with Crippen LogP contribution in [0.2, 0.25) is 0 Å². The number of aliphatic carboxylic acids is 1. The van der Waals surface area contributed by atoms with Crippen molar-refractivity contribution in [3.05, 3.63) is 11.8 Å². The fourth-order valence-corrected chi connectivity index (χ4v) is 3.32. The van der Waals surface area contributed by atoms with Crippen molar-refractivity contribution >= 4 is 11.9 Å². The van der Waals surface area contributed by atoms with Gasteiger partial charge in [0.2, 0.25) is 5.91 Å². The topological polar surface area (TPSA) is 60.9 Å². The number of rotatable bonds is 5. The molecule has 5 nitrogen and oxygen atoms in total. The number of carbonyl (C=O) groups excluding carboxylic acids is 1. The summed E-state index contributed by atoms with van der Waals surface area (Å²) < 4.78 is 0. The minimum atomic E-state index is -0.803. The highest BCUT2D eigenvalue weighted by Gasteiger charge is 2.31. The first-order valence-electron chi connectivity index (χ1n) is 8.09. The van der Waals surface area contributed by atoms with Crippen LogP contribution >= 0.6 is 0 Å². The van der Waals surface area contributed by atoms with E-state index in [4.69, 9.17) is 0 Å². The van der Waals surface area contributed by atoms with E-state index in [-0.39, 0.29) is 12.5 Å². The molecule has 1 atom stereocenters. The van der Waals surface area contributed by atoms with Crippen LogP contribution in [0.4, 0.5) is 0 Å². The summed E-state index contributed by atoms with van der Waals surface area (Å²) in [5.41, 5.74) is 1.12. The Morgan fingerprint density at radius 2 is 2.14 bits per heavy atom. The maximum atomic E-state index is 12.6. The van der Waals surface area contributed by atoms with Crippen LogP contribution in [0.3, 0.4) is 0 Å². The lowest BCUT2D eigenvalue weighted by molar-refractivity contribution is -0.146. The van der Waals surface area contributed by atoms with Crippen molar-refractivity contribution < 1.29 is 14.7 Å². The zero-order valence-electron chi connectivity index (χ0n) is 12.9. The largest absolute Gasteiger partial charge is 0.480 e. The molecule has 0 bridgehead atoms. The van der Waals surface area contributed by atoms with E-state index >= 15 is 0 Å². The molecule has 0 aromatic rings. The first-order chi connectivity index (χ1) is 10.1. The maximum absolute atomic E-state index is 12.6. The number of allylic oxidation sites excluding steroid dienone is 2. The van der Waals surface area contributed by atoms with Gasteiger partial charge in [-0.05, 0) is 52.0 Å². The van der Waals surface area contributed by atoms with Gasteiger partial charge < -0.3 is 10.0 Å². The number of piperidine rings is 1. The molecule has 1 aliphatic heterocycles. The van der Waals surface area contributed by atoms with Gasteiger partial charge >= 0.3 is 5.97 Å². The number of amides is 1. The Morgan fingerprint density at radius 3 is 2.76 bits per heavy atom. The molecule has 1 aliphatic carbocycles. The van der Waals surface area contributed by atoms with E-state index in [0.29, 0.717) is 19.5 Å². The first kappa shape index (κ1) is 16.0. The van der Waals surface area contributed by atoms with Crippen LogP contribution < -0.4 is 0 Å². The molecule has 1 unspecified atom stereocenters. The van der Waals surface area contributed by atoms with E-state index in [1.165, 1.54) is 6.42 Å². The van der Waals surface area contributed by atoms with Gasteiger partial charge in [0, 0.05) is 12.2 Å². The standard InChI is InChI=1S/C16H26N2O3/c1-2-18(13-8-4-3-5-9-13)15(19)12-17-11-7-6-10-14(17)16(20)21/h8,14H,2-7,9-12H2,1H3,(H,20,21). The predicted molar refractivity (Wildman–Crippen MR) is 80.8 cm³/mol. The van der Waals surface area contributed by atoms with Gasteiger partial charge in [-0.1, -0.05) is 12.5 Å². The number of carbonyl (C=O) groups is 2. The summed E-state index contributed by atoms with van der Waals surface area (Å²) in [4.78, 5) is 27.5. The zero-order valence-corrected chi connectivity index (χ0v) is 12.9. The number of carboxylic acid groups (broad SMARTS) is 1. The highest BCUT2D eigenvalue weighted by molar-refractivity contribution is 5.81. The monoisotopic (exact) mass is 294 g/mol. The van der Waals surface area contributed by atoms with Crippen molar-refractivity contribution in [2.75, 3.05) is 19.6 Å². The molecule has 1 amide bonds. The second kappa shape index (κ2) is 7.59. The van der Waals surface area contributed by atoms with Crippen molar-refractivity contribution in [1.29, 1.82) is 0 Å². The Hall–Kier alpha value is -1.36. The maximum Gasteiger partial charge on any atom is 0.320 e. The fourth-order valence-electron chi connectivity index (χ4n) is 3.32. The summed E-state index contributed by atoms with van der Waals surface area (Å²) in [5, 5.41) is 9.29. The lowest BCUT2D eigenvalue weighted by Gasteiger charge is -2.34. The molecule has 1 heterocycles. The summed E-state index contributed by atoms with van der Waals surface area (Å²) in [5.74, 6) is -0.763. The van der Waals surface area contributed by atoms with Crippen LogP contribution in [0.1, 0.15) is 51.9 Å². The highest BCUT2D eigenvalue weighted by Crippen LogP contribution is 2.22. The van der Waals surface area contributed by atoms with Gasteiger partial charge in [0.15, 0.2) is 0 Å². The van der Waals surface area contributed by atoms with E-state index in [9.17, 15) is 14.7 Å². The number of hydrogen-bond acceptors (Lipinski definition) is 3. The molecular formula is C16H26N2O3. The number of likely N-dealkylation sites (tertiary alicyclic amines) is 1. The van der Waals surface area contributed by atoms with Gasteiger partial charge in [-0.15, -0.1) is 0 Å². The van der Waals surface area contributed by atoms with Gasteiger partial charge in [0.1, 0.15) is 6.04 Å². The van der Waals surface area contributed by atoms with E-state index in [2.05, 4.69) is 6.08 Å². The van der Waals surface area contributed by atoms with Crippen LogP contribution in [0.15, 0.2) is 11.8 Å². The summed E-state index contributed by atoms with van der Waals surface area (Å²) in [6.45, 7) is 3.58. The normalized spacial score (nSPS) is 23.5. The summed E-state index contributed by atoms with van der Waals surface area (Å²) in [6.07, 6.45) is 9.06. The van der Waals surface area contributed by atoms with Crippen LogP contribution in [-0.2, 0) is 9.59 Å². The third-order valence-corrected chi connectivity index (χ3v) is 4.47. The Kier molecular flexibility index (Phi) is 5.79. The van der Waals surface area contributed by atoms with Gasteiger partial charge in [0.25, 0.3) is 0 Å². The molecule has 1 N–H and O–H groups in total. The smallest absolute Gasteiger partial charge is 0.320 e. The third kappa shape index (κ3) is 4.06. The molecule has 0 radical (unpaired) electrons. The average molecular weight is 294 g/mol. The molecule has 2 rings (SSSR count). The lowest BCUT2D eigenvalue weighted by atomic mass is 10.0. The Morgan fingerprint density at radius 1 is 1.33 bits per heavy atom. The highest BCUT2D eigenvalue weighted by atomic mass is 16.4. The quantitative estimate of drug-likeness (QED) is 0.844.